The van der Waals surface area contributed by atoms with Gasteiger partial charge in [0.05, 0.1) is 18.1 Å². The number of ether oxygens (including phenoxy) is 1. The molecule has 1 aliphatic heterocycles. The molecule has 0 bridgehead atoms. The summed E-state index contributed by atoms with van der Waals surface area (Å²) in [7, 11) is 0. The highest BCUT2D eigenvalue weighted by Gasteiger charge is 2.28. The van der Waals surface area contributed by atoms with E-state index in [1.54, 1.807) is 43.3 Å². The summed E-state index contributed by atoms with van der Waals surface area (Å²) in [5.74, 6) is -0.264. The van der Waals surface area contributed by atoms with Crippen LogP contribution in [0, 0.1) is 5.92 Å². The van der Waals surface area contributed by atoms with Gasteiger partial charge in [0.1, 0.15) is 5.84 Å². The Balaban J connectivity index is 1.94. The van der Waals surface area contributed by atoms with Crippen LogP contribution in [0.2, 0.25) is 5.02 Å². The van der Waals surface area contributed by atoms with Crippen LogP contribution >= 0.6 is 11.6 Å². The Hall–Kier alpha value is -2.66. The van der Waals surface area contributed by atoms with Gasteiger partial charge in [-0.05, 0) is 55.7 Å². The number of carbonyl (C=O) groups excluding carboxylic acids is 2. The Morgan fingerprint density at radius 1 is 1.18 bits per heavy atom. The highest BCUT2D eigenvalue weighted by atomic mass is 35.5. The van der Waals surface area contributed by atoms with Crippen LogP contribution in [0.25, 0.3) is 0 Å². The highest BCUT2D eigenvalue weighted by Crippen LogP contribution is 2.21. The van der Waals surface area contributed by atoms with Crippen molar-refractivity contribution in [1.29, 1.82) is 0 Å². The molecule has 0 fully saturated rings. The third kappa shape index (κ3) is 4.78. The maximum atomic E-state index is 13.3. The largest absolute Gasteiger partial charge is 0.462 e. The lowest BCUT2D eigenvalue weighted by Gasteiger charge is -2.23. The van der Waals surface area contributed by atoms with E-state index in [9.17, 15) is 9.59 Å². The summed E-state index contributed by atoms with van der Waals surface area (Å²) in [4.78, 5) is 30.2. The van der Waals surface area contributed by atoms with Crippen molar-refractivity contribution in [2.24, 2.45) is 10.9 Å². The second kappa shape index (κ2) is 9.51. The van der Waals surface area contributed by atoms with Crippen molar-refractivity contribution in [3.63, 3.8) is 0 Å². The standard InChI is InChI=1S/C22H23ClN2O3/c1-2-28-22(27)18-7-4-3-6-16(18)14-19(21-24-12-5-13-25-21)20(26)15-8-10-17(23)11-9-15/h3-4,6-11,19H,2,5,12-14H2,1H3,(H,24,25). The monoisotopic (exact) mass is 398 g/mol. The van der Waals surface area contributed by atoms with Gasteiger partial charge >= 0.3 is 5.97 Å². The lowest BCUT2D eigenvalue weighted by molar-refractivity contribution is 0.0524. The molecule has 0 radical (unpaired) electrons. The molecular formula is C22H23ClN2O3. The van der Waals surface area contributed by atoms with E-state index in [1.807, 2.05) is 12.1 Å². The maximum Gasteiger partial charge on any atom is 0.338 e. The van der Waals surface area contributed by atoms with Crippen LogP contribution in [0.3, 0.4) is 0 Å². The van der Waals surface area contributed by atoms with Crippen LogP contribution in [0.1, 0.15) is 39.6 Å². The van der Waals surface area contributed by atoms with Crippen LogP contribution in [0.4, 0.5) is 0 Å². The Morgan fingerprint density at radius 3 is 2.61 bits per heavy atom. The van der Waals surface area contributed by atoms with Crippen LogP contribution in [0.15, 0.2) is 53.5 Å². The molecule has 0 aliphatic carbocycles. The number of nitrogens with one attached hydrogen (secondary N) is 1. The Morgan fingerprint density at radius 2 is 1.93 bits per heavy atom. The number of ketones is 1. The van der Waals surface area contributed by atoms with E-state index in [1.165, 1.54) is 0 Å². The zero-order chi connectivity index (χ0) is 19.9. The number of halogens is 1. The number of rotatable bonds is 7. The van der Waals surface area contributed by atoms with Gasteiger partial charge in [-0.15, -0.1) is 0 Å². The van der Waals surface area contributed by atoms with E-state index in [0.29, 0.717) is 41.6 Å². The molecule has 0 saturated heterocycles. The zero-order valence-electron chi connectivity index (χ0n) is 15.8. The number of hydrogen-bond acceptors (Lipinski definition) is 5. The molecule has 28 heavy (non-hydrogen) atoms. The van der Waals surface area contributed by atoms with Crippen LogP contribution in [0.5, 0.6) is 0 Å². The highest BCUT2D eigenvalue weighted by molar-refractivity contribution is 6.30. The fourth-order valence-electron chi connectivity index (χ4n) is 3.24. The van der Waals surface area contributed by atoms with Gasteiger partial charge in [-0.1, -0.05) is 29.8 Å². The fraction of sp³-hybridized carbons (Fsp3) is 0.318. The summed E-state index contributed by atoms with van der Waals surface area (Å²) in [6.07, 6.45) is 1.30. The fourth-order valence-corrected chi connectivity index (χ4v) is 3.37. The second-order valence-corrected chi connectivity index (χ2v) is 6.99. The minimum atomic E-state index is -0.503. The van der Waals surface area contributed by atoms with Crippen molar-refractivity contribution in [3.05, 3.63) is 70.2 Å². The summed E-state index contributed by atoms with van der Waals surface area (Å²) in [6.45, 7) is 3.54. The Labute approximate surface area is 169 Å². The first-order valence-electron chi connectivity index (χ1n) is 9.43. The molecule has 0 saturated carbocycles. The molecule has 1 aliphatic rings. The van der Waals surface area contributed by atoms with E-state index in [-0.39, 0.29) is 11.8 Å². The number of carbonyl (C=O) groups is 2. The van der Waals surface area contributed by atoms with Gasteiger partial charge < -0.3 is 10.1 Å². The van der Waals surface area contributed by atoms with Gasteiger partial charge in [0.15, 0.2) is 5.78 Å². The van der Waals surface area contributed by atoms with Gasteiger partial charge in [0, 0.05) is 23.7 Å². The molecule has 6 heteroatoms. The number of esters is 1. The average Bonchev–Trinajstić information content (AvgIpc) is 2.73. The second-order valence-electron chi connectivity index (χ2n) is 6.55. The minimum Gasteiger partial charge on any atom is -0.462 e. The number of hydrogen-bond donors (Lipinski definition) is 1. The number of aliphatic imine (C=N–C) groups is 1. The molecule has 1 heterocycles. The molecule has 0 spiro atoms. The van der Waals surface area contributed by atoms with Crippen molar-refractivity contribution in [2.75, 3.05) is 19.7 Å². The first-order valence-corrected chi connectivity index (χ1v) is 9.81. The number of nitrogens with zero attached hydrogens (tertiary/aromatic N) is 1. The average molecular weight is 399 g/mol. The minimum absolute atomic E-state index is 0.0523. The van der Waals surface area contributed by atoms with E-state index < -0.39 is 5.92 Å². The molecule has 5 nitrogen and oxygen atoms in total. The van der Waals surface area contributed by atoms with E-state index in [4.69, 9.17) is 16.3 Å². The Bertz CT molecular complexity index is 878. The molecule has 3 rings (SSSR count). The van der Waals surface area contributed by atoms with E-state index in [2.05, 4.69) is 10.3 Å². The third-order valence-corrected chi connectivity index (χ3v) is 4.89. The molecule has 1 unspecified atom stereocenters. The molecule has 2 aromatic carbocycles. The van der Waals surface area contributed by atoms with Crippen LogP contribution < -0.4 is 5.32 Å². The molecule has 2 aromatic rings. The predicted molar refractivity (Wildman–Crippen MR) is 110 cm³/mol. The SMILES string of the molecule is CCOC(=O)c1ccccc1CC(C(=O)c1ccc(Cl)cc1)C1=NCCCN1. The van der Waals surface area contributed by atoms with Gasteiger partial charge in [0.2, 0.25) is 0 Å². The van der Waals surface area contributed by atoms with Gasteiger partial charge in [-0.3, -0.25) is 9.79 Å². The summed E-state index contributed by atoms with van der Waals surface area (Å²) in [5, 5.41) is 3.84. The molecule has 146 valence electrons. The number of Topliss-reactive ketones (excluding diaryl/α,β-unsaturated/α-hetero) is 1. The predicted octanol–water partition coefficient (Wildman–Crippen LogP) is 3.95. The lowest BCUT2D eigenvalue weighted by Crippen LogP contribution is -2.40. The molecular weight excluding hydrogens is 376 g/mol. The quantitative estimate of drug-likeness (QED) is 0.566. The molecule has 1 N–H and O–H groups in total. The van der Waals surface area contributed by atoms with Crippen molar-refractivity contribution in [1.82, 2.24) is 5.32 Å². The Kier molecular flexibility index (Phi) is 6.82. The van der Waals surface area contributed by atoms with Crippen molar-refractivity contribution in [2.45, 2.75) is 19.8 Å². The van der Waals surface area contributed by atoms with Gasteiger partial charge in [-0.25, -0.2) is 4.79 Å². The smallest absolute Gasteiger partial charge is 0.338 e. The van der Waals surface area contributed by atoms with E-state index in [0.717, 1.165) is 18.5 Å². The lowest BCUT2D eigenvalue weighted by atomic mass is 9.88. The molecule has 0 aromatic heterocycles. The number of amidine groups is 1. The maximum absolute atomic E-state index is 13.3. The summed E-state index contributed by atoms with van der Waals surface area (Å²) in [6, 6.07) is 14.1. The first kappa shape index (κ1) is 20.1. The van der Waals surface area contributed by atoms with Crippen LogP contribution in [-0.2, 0) is 11.2 Å². The molecule has 1 atom stereocenters. The summed E-state index contributed by atoms with van der Waals surface area (Å²) in [5.41, 5.74) is 1.82. The van der Waals surface area contributed by atoms with E-state index >= 15 is 0 Å². The zero-order valence-corrected chi connectivity index (χ0v) is 16.5. The van der Waals surface area contributed by atoms with Crippen molar-refractivity contribution in [3.8, 4) is 0 Å². The summed E-state index contributed by atoms with van der Waals surface area (Å²) < 4.78 is 5.17. The molecule has 0 amide bonds. The van der Waals surface area contributed by atoms with Crippen molar-refractivity contribution >= 4 is 29.2 Å². The summed E-state index contributed by atoms with van der Waals surface area (Å²) >= 11 is 5.96. The van der Waals surface area contributed by atoms with Crippen molar-refractivity contribution < 1.29 is 14.3 Å². The van der Waals surface area contributed by atoms with Crippen LogP contribution in [-0.4, -0.2) is 37.3 Å². The number of benzene rings is 2. The third-order valence-electron chi connectivity index (χ3n) is 4.64. The normalized spacial score (nSPS) is 14.6. The van der Waals surface area contributed by atoms with Gasteiger partial charge in [-0.2, -0.15) is 0 Å². The topological polar surface area (TPSA) is 67.8 Å². The first-order chi connectivity index (χ1) is 13.6. The van der Waals surface area contributed by atoms with Gasteiger partial charge in [0.25, 0.3) is 0 Å².